The number of carbonyl (C=O) groups excluding carboxylic acids is 7. The van der Waals surface area contributed by atoms with E-state index < -0.39 is 65.4 Å². The second-order valence-electron chi connectivity index (χ2n) is 13.8. The highest BCUT2D eigenvalue weighted by atomic mass is 16.6. The Morgan fingerprint density at radius 1 is 0.648 bits per heavy atom. The molecule has 0 saturated carbocycles. The number of furan rings is 1. The van der Waals surface area contributed by atoms with Crippen LogP contribution >= 0.6 is 0 Å². The van der Waals surface area contributed by atoms with Gasteiger partial charge in [-0.3, -0.25) is 4.79 Å². The summed E-state index contributed by atoms with van der Waals surface area (Å²) < 4.78 is 37.1. The van der Waals surface area contributed by atoms with Crippen LogP contribution in [-0.2, 0) is 28.5 Å². The molecule has 54 heavy (non-hydrogen) atoms. The summed E-state index contributed by atoms with van der Waals surface area (Å²) in [7, 11) is 2.29. The zero-order valence-electron chi connectivity index (χ0n) is 31.6. The monoisotopic (exact) mass is 758 g/mol. The maximum Gasteiger partial charge on any atom is 0.412 e. The lowest BCUT2D eigenvalue weighted by molar-refractivity contribution is -0.144. The summed E-state index contributed by atoms with van der Waals surface area (Å²) in [5.41, 5.74) is -1.74. The Bertz CT molecular complexity index is 1760. The molecule has 1 aromatic heterocycles. The third-order valence-corrected chi connectivity index (χ3v) is 7.09. The second kappa shape index (κ2) is 18.1. The van der Waals surface area contributed by atoms with Gasteiger partial charge in [0.2, 0.25) is 0 Å². The molecule has 4 amide bonds. The maximum absolute atomic E-state index is 13.1. The molecular formula is C36H46N4O14. The fourth-order valence-electron chi connectivity index (χ4n) is 4.84. The number of rotatable bonds is 13. The molecule has 18 heteroatoms. The van der Waals surface area contributed by atoms with Crippen LogP contribution in [0, 0.1) is 0 Å². The van der Waals surface area contributed by atoms with Gasteiger partial charge in [0.1, 0.15) is 23.3 Å². The summed E-state index contributed by atoms with van der Waals surface area (Å²) in [6.45, 7) is 10.9. The van der Waals surface area contributed by atoms with Crippen LogP contribution < -0.4 is 30.7 Å². The van der Waals surface area contributed by atoms with E-state index in [0.29, 0.717) is 5.39 Å². The molecule has 0 radical (unpaired) electrons. The number of hydrogen-bond donors (Lipinski definition) is 4. The highest BCUT2D eigenvalue weighted by Gasteiger charge is 2.28. The summed E-state index contributed by atoms with van der Waals surface area (Å²) in [5, 5.41) is 10.5. The van der Waals surface area contributed by atoms with Gasteiger partial charge in [0.25, 0.3) is 0 Å². The van der Waals surface area contributed by atoms with Gasteiger partial charge in [-0.05, 0) is 60.5 Å². The van der Waals surface area contributed by atoms with Crippen LogP contribution in [0.15, 0.2) is 34.7 Å². The molecule has 0 aliphatic rings. The minimum atomic E-state index is -1.16. The first-order valence-electron chi connectivity index (χ1n) is 16.8. The molecule has 294 valence electrons. The second-order valence-corrected chi connectivity index (χ2v) is 13.8. The highest BCUT2D eigenvalue weighted by molar-refractivity contribution is 6.12. The van der Waals surface area contributed by atoms with Crippen LogP contribution in [0.5, 0.6) is 11.5 Å². The molecule has 18 nitrogen and oxygen atoms in total. The predicted octanol–water partition coefficient (Wildman–Crippen LogP) is 4.88. The molecule has 0 saturated heterocycles. The molecule has 2 aromatic carbocycles. The number of carbonyl (C=O) groups is 7. The van der Waals surface area contributed by atoms with Crippen molar-refractivity contribution in [3.8, 4) is 11.5 Å². The van der Waals surface area contributed by atoms with Crippen LogP contribution in [0.2, 0.25) is 0 Å². The SMILES string of the molecule is COC(=O)[C@H](CCNC(=O)Oc1c2ccccc2c(OC(=O)NCC[C@H](NC(=O)OC(C)(C)C)C(=O)OC)c2oc(C(C)=O)cc12)NC(=O)OC(C)(C)C. The minimum Gasteiger partial charge on any atom is -0.467 e. The number of nitrogens with one attached hydrogen (secondary N) is 4. The van der Waals surface area contributed by atoms with Crippen molar-refractivity contribution in [2.24, 2.45) is 0 Å². The smallest absolute Gasteiger partial charge is 0.412 e. The number of fused-ring (bicyclic) bond motifs is 2. The first-order valence-corrected chi connectivity index (χ1v) is 16.8. The van der Waals surface area contributed by atoms with E-state index in [-0.39, 0.29) is 59.5 Å². The molecule has 1 heterocycles. The zero-order valence-corrected chi connectivity index (χ0v) is 31.6. The quantitative estimate of drug-likeness (QED) is 0.103. The molecule has 4 N–H and O–H groups in total. The Labute approximate surface area is 310 Å². The lowest BCUT2D eigenvalue weighted by Crippen LogP contribution is -2.45. The number of benzene rings is 2. The number of esters is 2. The summed E-state index contributed by atoms with van der Waals surface area (Å²) in [5.74, 6) is -2.27. The number of ketones is 1. The number of hydrogen-bond acceptors (Lipinski definition) is 14. The van der Waals surface area contributed by atoms with Crippen molar-refractivity contribution in [3.05, 3.63) is 36.1 Å². The molecule has 3 rings (SSSR count). The van der Waals surface area contributed by atoms with Crippen LogP contribution in [-0.4, -0.2) is 92.7 Å². The molecule has 0 aliphatic heterocycles. The molecule has 0 unspecified atom stereocenters. The van der Waals surface area contributed by atoms with E-state index >= 15 is 0 Å². The maximum atomic E-state index is 13.1. The Morgan fingerprint density at radius 3 is 1.48 bits per heavy atom. The number of alkyl carbamates (subject to hydrolysis) is 2. The van der Waals surface area contributed by atoms with E-state index in [1.54, 1.807) is 65.8 Å². The Morgan fingerprint density at radius 2 is 1.07 bits per heavy atom. The fraction of sp³-hybridized carbons (Fsp3) is 0.472. The van der Waals surface area contributed by atoms with Crippen LogP contribution in [0.1, 0.15) is 71.9 Å². The lowest BCUT2D eigenvalue weighted by Gasteiger charge is -2.22. The largest absolute Gasteiger partial charge is 0.467 e. The minimum absolute atomic E-state index is 0.0346. The molecule has 3 aromatic rings. The number of Topliss-reactive ketones (excluding diaryl/α,β-unsaturated/α-hetero) is 1. The van der Waals surface area contributed by atoms with Crippen molar-refractivity contribution in [1.82, 2.24) is 21.3 Å². The fourth-order valence-corrected chi connectivity index (χ4v) is 4.84. The molecule has 0 bridgehead atoms. The summed E-state index contributed by atoms with van der Waals surface area (Å²) in [6.07, 6.45) is -3.83. The van der Waals surface area contributed by atoms with Gasteiger partial charge in [-0.15, -0.1) is 0 Å². The third-order valence-electron chi connectivity index (χ3n) is 7.09. The molecule has 0 spiro atoms. The molecule has 0 fully saturated rings. The van der Waals surface area contributed by atoms with Crippen molar-refractivity contribution in [1.29, 1.82) is 0 Å². The first-order chi connectivity index (χ1) is 25.2. The van der Waals surface area contributed by atoms with E-state index in [9.17, 15) is 33.6 Å². The topological polar surface area (TPSA) is 236 Å². The Hall–Kier alpha value is -6.07. The van der Waals surface area contributed by atoms with E-state index in [4.69, 9.17) is 32.8 Å². The average Bonchev–Trinajstić information content (AvgIpc) is 3.52. The number of ether oxygens (including phenoxy) is 6. The van der Waals surface area contributed by atoms with Gasteiger partial charge >= 0.3 is 36.3 Å². The van der Waals surface area contributed by atoms with Gasteiger partial charge in [-0.2, -0.15) is 0 Å². The highest BCUT2D eigenvalue weighted by Crippen LogP contribution is 2.44. The van der Waals surface area contributed by atoms with Gasteiger partial charge in [-0.25, -0.2) is 28.8 Å². The van der Waals surface area contributed by atoms with E-state index in [2.05, 4.69) is 21.3 Å². The Kier molecular flexibility index (Phi) is 14.2. The van der Waals surface area contributed by atoms with Crippen molar-refractivity contribution in [2.75, 3.05) is 27.3 Å². The third kappa shape index (κ3) is 12.3. The van der Waals surface area contributed by atoms with Crippen molar-refractivity contribution < 1.29 is 66.4 Å². The normalized spacial score (nSPS) is 12.5. The van der Waals surface area contributed by atoms with Crippen LogP contribution in [0.25, 0.3) is 21.7 Å². The number of amides is 4. The van der Waals surface area contributed by atoms with Crippen LogP contribution in [0.4, 0.5) is 19.2 Å². The van der Waals surface area contributed by atoms with Gasteiger partial charge in [-0.1, -0.05) is 24.3 Å². The van der Waals surface area contributed by atoms with Crippen molar-refractivity contribution in [2.45, 2.75) is 84.6 Å². The molecule has 0 aliphatic carbocycles. The molecule has 2 atom stereocenters. The standard InChI is InChI=1S/C36H46N4O14/c1-19(41)25-18-22-26(51-31(44)37-16-14-23(29(42)48-8)39-33(46)53-35(2,3)4)20-12-10-11-13-21(20)27(28(22)50-25)52-32(45)38-17-15-24(30(43)49-9)40-34(47)54-36(5,6)7/h10-13,18,23-24H,14-17H2,1-9H3,(H,37,44)(H,38,45)(H,39,46)(H,40,47)/t23-,24-/m0/s1. The van der Waals surface area contributed by atoms with E-state index in [1.165, 1.54) is 13.0 Å². The summed E-state index contributed by atoms with van der Waals surface area (Å²) >= 11 is 0. The predicted molar refractivity (Wildman–Crippen MR) is 191 cm³/mol. The Balaban J connectivity index is 1.81. The van der Waals surface area contributed by atoms with Crippen molar-refractivity contribution >= 4 is 63.8 Å². The summed E-state index contributed by atoms with van der Waals surface area (Å²) in [4.78, 5) is 87.6. The van der Waals surface area contributed by atoms with Crippen LogP contribution in [0.3, 0.4) is 0 Å². The lowest BCUT2D eigenvalue weighted by atomic mass is 10.1. The van der Waals surface area contributed by atoms with Gasteiger partial charge in [0, 0.05) is 30.8 Å². The van der Waals surface area contributed by atoms with Crippen molar-refractivity contribution in [3.63, 3.8) is 0 Å². The van der Waals surface area contributed by atoms with E-state index in [0.717, 1.165) is 14.2 Å². The van der Waals surface area contributed by atoms with Gasteiger partial charge < -0.3 is 54.1 Å². The summed E-state index contributed by atoms with van der Waals surface area (Å²) in [6, 6.07) is 5.45. The number of methoxy groups -OCH3 is 2. The first kappa shape index (κ1) is 42.3. The molecular weight excluding hydrogens is 712 g/mol. The average molecular weight is 759 g/mol. The van der Waals surface area contributed by atoms with Gasteiger partial charge in [0.05, 0.1) is 19.6 Å². The van der Waals surface area contributed by atoms with E-state index in [1.807, 2.05) is 0 Å². The zero-order chi connectivity index (χ0) is 40.4. The van der Waals surface area contributed by atoms with Gasteiger partial charge in [0.15, 0.2) is 28.6 Å².